The van der Waals surface area contributed by atoms with Gasteiger partial charge in [0.05, 0.1) is 29.3 Å². The number of aliphatic hydroxyl groups excluding tert-OH is 2. The van der Waals surface area contributed by atoms with Crippen molar-refractivity contribution in [3.05, 3.63) is 75.0 Å². The fourth-order valence-corrected chi connectivity index (χ4v) is 7.60. The van der Waals surface area contributed by atoms with Crippen LogP contribution in [-0.2, 0) is 29.0 Å². The lowest BCUT2D eigenvalue weighted by Crippen LogP contribution is -2.63. The van der Waals surface area contributed by atoms with E-state index in [0.717, 1.165) is 29.7 Å². The second-order valence-electron chi connectivity index (χ2n) is 12.3. The number of carbonyl (C=O) groups is 5. The summed E-state index contributed by atoms with van der Waals surface area (Å²) in [5.41, 5.74) is 4.38. The molecule has 0 bridgehead atoms. The number of carbonyl (C=O) groups excluding carboxylic acids is 5. The third kappa shape index (κ3) is 4.21. The number of amides is 3. The Kier molecular flexibility index (Phi) is 7.21. The summed E-state index contributed by atoms with van der Waals surface area (Å²) in [5, 5.41) is 45.0. The van der Waals surface area contributed by atoms with E-state index in [2.05, 4.69) is 6.92 Å². The number of primary amides is 1. The number of ketones is 2. The van der Waals surface area contributed by atoms with Crippen molar-refractivity contribution in [2.75, 3.05) is 0 Å². The van der Waals surface area contributed by atoms with Gasteiger partial charge in [-0.2, -0.15) is 0 Å². The summed E-state index contributed by atoms with van der Waals surface area (Å²) in [7, 11) is 0. The Morgan fingerprint density at radius 2 is 1.68 bits per heavy atom. The third-order valence-electron chi connectivity index (χ3n) is 9.82. The van der Waals surface area contributed by atoms with Crippen molar-refractivity contribution in [2.24, 2.45) is 23.5 Å². The molecular weight excluding hydrogens is 568 g/mol. The Balaban J connectivity index is 1.45. The Morgan fingerprint density at radius 3 is 2.30 bits per heavy atom. The van der Waals surface area contributed by atoms with Gasteiger partial charge in [-0.05, 0) is 67.3 Å². The summed E-state index contributed by atoms with van der Waals surface area (Å²) in [5.74, 6) is -8.84. The summed E-state index contributed by atoms with van der Waals surface area (Å²) in [4.78, 5) is 66.7. The molecule has 1 saturated carbocycles. The van der Waals surface area contributed by atoms with Gasteiger partial charge in [0.1, 0.15) is 17.4 Å². The van der Waals surface area contributed by atoms with Crippen molar-refractivity contribution >= 4 is 29.3 Å². The van der Waals surface area contributed by atoms with Gasteiger partial charge in [0.15, 0.2) is 17.2 Å². The molecule has 2 unspecified atom stereocenters. The first-order chi connectivity index (χ1) is 20.9. The zero-order chi connectivity index (χ0) is 31.7. The molecule has 3 amide bonds. The van der Waals surface area contributed by atoms with Gasteiger partial charge in [0.2, 0.25) is 5.91 Å². The normalized spacial score (nSPS) is 27.7. The molecular formula is C33H34N2O9. The summed E-state index contributed by atoms with van der Waals surface area (Å²) in [6, 6.07) is 8.12. The minimum absolute atomic E-state index is 0.0707. The van der Waals surface area contributed by atoms with E-state index >= 15 is 0 Å². The molecule has 3 aliphatic carbocycles. The van der Waals surface area contributed by atoms with Gasteiger partial charge in [0.25, 0.3) is 11.8 Å². The number of unbranched alkanes of at least 4 members (excludes halogenated alkanes) is 2. The minimum atomic E-state index is -2.60. The quantitative estimate of drug-likeness (QED) is 0.179. The first-order valence-electron chi connectivity index (χ1n) is 15.0. The summed E-state index contributed by atoms with van der Waals surface area (Å²) >= 11 is 0. The van der Waals surface area contributed by atoms with Crippen LogP contribution >= 0.6 is 0 Å². The zero-order valence-corrected chi connectivity index (χ0v) is 24.2. The number of allylic oxidation sites excluding steroid dienone is 1. The number of aryl methyl sites for hydroxylation is 1. The summed E-state index contributed by atoms with van der Waals surface area (Å²) < 4.78 is 0. The minimum Gasteiger partial charge on any atom is -0.508 e. The van der Waals surface area contributed by atoms with Gasteiger partial charge >= 0.3 is 0 Å². The molecule has 0 radical (unpaired) electrons. The predicted octanol–water partition coefficient (Wildman–Crippen LogP) is 2.27. The molecule has 1 aliphatic heterocycles. The van der Waals surface area contributed by atoms with Crippen LogP contribution in [0.3, 0.4) is 0 Å². The maximum Gasteiger partial charge on any atom is 0.261 e. The Morgan fingerprint density at radius 1 is 1.02 bits per heavy atom. The number of imide groups is 1. The maximum atomic E-state index is 14.2. The maximum absolute atomic E-state index is 14.2. The number of nitrogens with zero attached hydrogens (tertiary/aromatic N) is 1. The summed E-state index contributed by atoms with van der Waals surface area (Å²) in [6.45, 7) is 1.76. The van der Waals surface area contributed by atoms with Crippen LogP contribution in [0.25, 0.3) is 0 Å². The van der Waals surface area contributed by atoms with E-state index in [9.17, 15) is 44.4 Å². The number of hydrogen-bond acceptors (Lipinski definition) is 9. The fourth-order valence-electron chi connectivity index (χ4n) is 7.60. The van der Waals surface area contributed by atoms with Gasteiger partial charge in [-0.3, -0.25) is 28.9 Å². The van der Waals surface area contributed by atoms with Gasteiger partial charge in [-0.25, -0.2) is 0 Å². The largest absolute Gasteiger partial charge is 0.508 e. The Bertz CT molecular complexity index is 1640. The molecule has 11 nitrogen and oxygen atoms in total. The highest BCUT2D eigenvalue weighted by Gasteiger charge is 2.62. The van der Waals surface area contributed by atoms with Crippen molar-refractivity contribution in [3.63, 3.8) is 0 Å². The third-order valence-corrected chi connectivity index (χ3v) is 9.82. The van der Waals surface area contributed by atoms with E-state index in [1.807, 2.05) is 0 Å². The van der Waals surface area contributed by atoms with Crippen molar-refractivity contribution in [3.8, 4) is 5.75 Å². The number of aromatic hydroxyl groups is 1. The number of phenolic OH excluding ortho intramolecular Hbond substituents is 1. The van der Waals surface area contributed by atoms with Crippen molar-refractivity contribution in [1.29, 1.82) is 0 Å². The van der Waals surface area contributed by atoms with Gasteiger partial charge in [-0.1, -0.05) is 31.9 Å². The van der Waals surface area contributed by atoms with Crippen LogP contribution in [0.15, 0.2) is 41.7 Å². The number of fused-ring (bicyclic) bond motifs is 4. The molecule has 6 N–H and O–H groups in total. The van der Waals surface area contributed by atoms with Crippen LogP contribution < -0.4 is 5.73 Å². The van der Waals surface area contributed by atoms with Crippen LogP contribution in [-0.4, -0.2) is 66.3 Å². The number of benzene rings is 2. The topological polar surface area (TPSA) is 196 Å². The molecule has 1 fully saturated rings. The average molecular weight is 603 g/mol. The Labute approximate surface area is 253 Å². The second-order valence-corrected chi connectivity index (χ2v) is 12.3. The van der Waals surface area contributed by atoms with Gasteiger partial charge < -0.3 is 26.2 Å². The number of aliphatic hydroxyl groups is 3. The van der Waals surface area contributed by atoms with E-state index in [1.54, 1.807) is 30.3 Å². The molecule has 230 valence electrons. The highest BCUT2D eigenvalue weighted by atomic mass is 16.3. The molecule has 44 heavy (non-hydrogen) atoms. The van der Waals surface area contributed by atoms with Crippen molar-refractivity contribution < 1.29 is 44.4 Å². The first-order valence-corrected chi connectivity index (χ1v) is 15.0. The lowest BCUT2D eigenvalue weighted by Gasteiger charge is -2.48. The smallest absolute Gasteiger partial charge is 0.261 e. The van der Waals surface area contributed by atoms with Crippen LogP contribution in [0.5, 0.6) is 5.75 Å². The highest BCUT2D eigenvalue weighted by Crippen LogP contribution is 2.52. The van der Waals surface area contributed by atoms with E-state index in [-0.39, 0.29) is 53.6 Å². The average Bonchev–Trinajstić information content (AvgIpc) is 3.21. The molecule has 6 rings (SSSR count). The van der Waals surface area contributed by atoms with Crippen LogP contribution in [0, 0.1) is 17.8 Å². The number of nitrogens with two attached hydrogens (primary N) is 1. The van der Waals surface area contributed by atoms with Crippen LogP contribution in [0.4, 0.5) is 0 Å². The lowest BCUT2D eigenvalue weighted by molar-refractivity contribution is -0.167. The molecule has 5 atom stereocenters. The van der Waals surface area contributed by atoms with Gasteiger partial charge in [-0.15, -0.1) is 0 Å². The molecule has 1 heterocycles. The van der Waals surface area contributed by atoms with Crippen LogP contribution in [0.1, 0.15) is 86.8 Å². The lowest BCUT2D eigenvalue weighted by atomic mass is 9.57. The fraction of sp³-hybridized carbons (Fsp3) is 0.424. The summed E-state index contributed by atoms with van der Waals surface area (Å²) in [6.07, 6.45) is 1.84. The molecule has 0 saturated heterocycles. The molecule has 2 aromatic rings. The molecule has 0 aromatic heterocycles. The molecule has 2 aromatic carbocycles. The zero-order valence-electron chi connectivity index (χ0n) is 24.2. The monoisotopic (exact) mass is 602 g/mol. The molecule has 0 spiro atoms. The molecule has 11 heteroatoms. The highest BCUT2D eigenvalue weighted by molar-refractivity contribution is 6.21. The standard InChI is InChI=1S/C33H34N2O9/c1-2-3-4-7-15-10-17(14-35-31(42)19-8-5-6-9-20(19)32(35)43)26(37)24-21(15)12-16-11-18-13-22(36)25(30(34)41)29(40)33(18,44)28(39)23(16)27(24)38/h5-6,8-10,16,18,22,25,36-37,39,44H,2-4,7,11-14H2,1H3,(H2,34,41)/t16-,18+,22?,25?,33+/m1/s1. The second kappa shape index (κ2) is 10.7. The Hall–Kier alpha value is -4.35. The van der Waals surface area contributed by atoms with E-state index in [1.165, 1.54) is 0 Å². The van der Waals surface area contributed by atoms with E-state index in [0.29, 0.717) is 12.0 Å². The first kappa shape index (κ1) is 29.7. The number of Topliss-reactive ketones (excluding diaryl/α,β-unsaturated/α-hetero) is 2. The van der Waals surface area contributed by atoms with E-state index < -0.39 is 70.3 Å². The SMILES string of the molecule is CCCCCc1cc(CN2C(=O)c3ccccc3C2=O)c(O)c2c1C[C@H]1C[C@H]3CC(O)C(C(N)=O)C(=O)[C@@]3(O)C(O)=C1C2=O. The van der Waals surface area contributed by atoms with Crippen molar-refractivity contribution in [1.82, 2.24) is 4.90 Å². The number of phenols is 1. The van der Waals surface area contributed by atoms with Crippen molar-refractivity contribution in [2.45, 2.75) is 70.1 Å². The number of hydrogen-bond donors (Lipinski definition) is 5. The predicted molar refractivity (Wildman–Crippen MR) is 155 cm³/mol. The van der Waals surface area contributed by atoms with E-state index in [4.69, 9.17) is 5.73 Å². The number of rotatable bonds is 7. The van der Waals surface area contributed by atoms with Gasteiger partial charge in [0, 0.05) is 17.1 Å². The van der Waals surface area contributed by atoms with Crippen LogP contribution in [0.2, 0.25) is 0 Å². The molecule has 4 aliphatic rings.